The Balaban J connectivity index is 1.96. The summed E-state index contributed by atoms with van der Waals surface area (Å²) in [4.78, 5) is 11.7. The van der Waals surface area contributed by atoms with Gasteiger partial charge in [-0.25, -0.2) is 13.2 Å². The topological polar surface area (TPSA) is 72.5 Å². The number of hydrogen-bond acceptors (Lipinski definition) is 4. The maximum Gasteiger partial charge on any atom is 0.340 e. The van der Waals surface area contributed by atoms with Crippen molar-refractivity contribution in [1.29, 1.82) is 0 Å². The number of anilines is 1. The molecule has 1 aliphatic heterocycles. The van der Waals surface area contributed by atoms with E-state index in [1.165, 1.54) is 0 Å². The number of esters is 1. The zero-order chi connectivity index (χ0) is 14.2. The number of benzene rings is 2. The first-order valence-electron chi connectivity index (χ1n) is 5.94. The highest BCUT2D eigenvalue weighted by molar-refractivity contribution is 7.92. The van der Waals surface area contributed by atoms with Gasteiger partial charge < -0.3 is 4.74 Å². The molecular weight excluding hydrogens is 278 g/mol. The third-order valence-electron chi connectivity index (χ3n) is 2.96. The molecule has 0 spiro atoms. The molecule has 0 saturated carbocycles. The summed E-state index contributed by atoms with van der Waals surface area (Å²) in [5.74, 6) is -0.621. The Bertz CT molecular complexity index is 756. The number of nitrogens with one attached hydrogen (secondary N) is 1. The van der Waals surface area contributed by atoms with Crippen LogP contribution in [0.15, 0.2) is 54.6 Å². The summed E-state index contributed by atoms with van der Waals surface area (Å²) in [5.41, 5.74) is -0.240. The zero-order valence-corrected chi connectivity index (χ0v) is 11.1. The molecule has 2 aromatic rings. The van der Waals surface area contributed by atoms with Crippen molar-refractivity contribution in [2.45, 2.75) is 5.44 Å². The second-order valence-corrected chi connectivity index (χ2v) is 6.06. The highest BCUT2D eigenvalue weighted by Crippen LogP contribution is 2.35. The minimum absolute atomic E-state index is 0.288. The molecular formula is C14H11NO4S. The maximum atomic E-state index is 12.3. The number of carbonyl (C=O) groups is 1. The van der Waals surface area contributed by atoms with E-state index in [9.17, 15) is 13.2 Å². The molecule has 1 heterocycles. The van der Waals surface area contributed by atoms with Crippen LogP contribution in [0, 0.1) is 0 Å². The number of carbonyl (C=O) groups excluding carboxylic acids is 1. The van der Waals surface area contributed by atoms with E-state index in [1.54, 1.807) is 54.6 Å². The molecule has 102 valence electrons. The molecule has 3 rings (SSSR count). The van der Waals surface area contributed by atoms with Gasteiger partial charge in [0.15, 0.2) is 0 Å². The highest BCUT2D eigenvalue weighted by Gasteiger charge is 2.40. The summed E-state index contributed by atoms with van der Waals surface area (Å²) < 4.78 is 32.0. The van der Waals surface area contributed by atoms with Gasteiger partial charge in [-0.3, -0.25) is 4.72 Å². The monoisotopic (exact) mass is 289 g/mol. The van der Waals surface area contributed by atoms with E-state index in [4.69, 9.17) is 4.74 Å². The fourth-order valence-corrected chi connectivity index (χ4v) is 3.39. The molecule has 0 aromatic heterocycles. The lowest BCUT2D eigenvalue weighted by Crippen LogP contribution is -2.21. The van der Waals surface area contributed by atoms with Gasteiger partial charge in [0.1, 0.15) is 0 Å². The summed E-state index contributed by atoms with van der Waals surface area (Å²) in [7, 11) is -3.85. The lowest BCUT2D eigenvalue weighted by molar-refractivity contribution is 0.0509. The Hall–Kier alpha value is -2.34. The van der Waals surface area contributed by atoms with Crippen molar-refractivity contribution in [3.8, 4) is 0 Å². The van der Waals surface area contributed by atoms with Crippen molar-refractivity contribution < 1.29 is 17.9 Å². The fraction of sp³-hybridized carbons (Fsp3) is 0.0714. The van der Waals surface area contributed by atoms with Gasteiger partial charge in [-0.15, -0.1) is 0 Å². The standard InChI is InChI=1S/C14H11NO4S/c16-13-11-8-4-5-9-12(11)14(19-13)20(17,18)15-10-6-2-1-3-7-10/h1-9,14-15H. The van der Waals surface area contributed by atoms with Crippen molar-refractivity contribution in [3.05, 3.63) is 65.7 Å². The van der Waals surface area contributed by atoms with Crippen LogP contribution in [0.4, 0.5) is 5.69 Å². The van der Waals surface area contributed by atoms with Crippen LogP contribution >= 0.6 is 0 Å². The Kier molecular flexibility index (Phi) is 2.94. The Morgan fingerprint density at radius 2 is 1.60 bits per heavy atom. The van der Waals surface area contributed by atoms with Crippen molar-refractivity contribution in [2.24, 2.45) is 0 Å². The van der Waals surface area contributed by atoms with Crippen molar-refractivity contribution in [1.82, 2.24) is 0 Å². The number of rotatable bonds is 3. The molecule has 2 aromatic carbocycles. The van der Waals surface area contributed by atoms with Crippen LogP contribution in [0.2, 0.25) is 0 Å². The zero-order valence-electron chi connectivity index (χ0n) is 10.3. The molecule has 0 radical (unpaired) electrons. The van der Waals surface area contributed by atoms with Crippen LogP contribution in [-0.4, -0.2) is 14.4 Å². The minimum atomic E-state index is -3.85. The molecule has 1 N–H and O–H groups in total. The van der Waals surface area contributed by atoms with Gasteiger partial charge in [0.2, 0.25) is 5.44 Å². The second-order valence-electron chi connectivity index (χ2n) is 4.34. The number of cyclic esters (lactones) is 1. The van der Waals surface area contributed by atoms with Gasteiger partial charge in [-0.05, 0) is 18.2 Å². The third kappa shape index (κ3) is 2.14. The number of ether oxygens (including phenoxy) is 1. The first-order valence-corrected chi connectivity index (χ1v) is 7.49. The maximum absolute atomic E-state index is 12.3. The van der Waals surface area contributed by atoms with Crippen LogP contribution < -0.4 is 4.72 Å². The Morgan fingerprint density at radius 1 is 0.950 bits per heavy atom. The van der Waals surface area contributed by atoms with Gasteiger partial charge in [-0.1, -0.05) is 36.4 Å². The number of hydrogen-bond donors (Lipinski definition) is 1. The normalized spacial score (nSPS) is 17.4. The predicted octanol–water partition coefficient (Wildman–Crippen LogP) is 2.30. The van der Waals surface area contributed by atoms with Crippen LogP contribution in [-0.2, 0) is 14.8 Å². The fourth-order valence-electron chi connectivity index (χ4n) is 2.07. The lowest BCUT2D eigenvalue weighted by Gasteiger charge is -2.13. The summed E-state index contributed by atoms with van der Waals surface area (Å²) in [5, 5.41) is 0. The van der Waals surface area contributed by atoms with Crippen LogP contribution in [0.1, 0.15) is 21.4 Å². The lowest BCUT2D eigenvalue weighted by atomic mass is 10.1. The van der Waals surface area contributed by atoms with E-state index in [2.05, 4.69) is 4.72 Å². The van der Waals surface area contributed by atoms with E-state index in [0.717, 1.165) is 0 Å². The number of para-hydroxylation sites is 1. The minimum Gasteiger partial charge on any atom is -0.435 e. The molecule has 1 unspecified atom stereocenters. The molecule has 0 bridgehead atoms. The highest BCUT2D eigenvalue weighted by atomic mass is 32.2. The van der Waals surface area contributed by atoms with E-state index >= 15 is 0 Å². The molecule has 0 saturated heterocycles. The first kappa shape index (κ1) is 12.7. The van der Waals surface area contributed by atoms with Crippen LogP contribution in [0.3, 0.4) is 0 Å². The SMILES string of the molecule is O=C1OC(S(=O)(=O)Nc2ccccc2)c2ccccc21. The molecule has 20 heavy (non-hydrogen) atoms. The molecule has 0 aliphatic carbocycles. The van der Waals surface area contributed by atoms with Gasteiger partial charge in [0.25, 0.3) is 10.0 Å². The van der Waals surface area contributed by atoms with E-state index in [1.807, 2.05) is 0 Å². The Morgan fingerprint density at radius 3 is 2.35 bits per heavy atom. The molecule has 6 heteroatoms. The summed E-state index contributed by atoms with van der Waals surface area (Å²) in [6.45, 7) is 0. The second kappa shape index (κ2) is 4.64. The van der Waals surface area contributed by atoms with Crippen molar-refractivity contribution in [2.75, 3.05) is 4.72 Å². The van der Waals surface area contributed by atoms with E-state index < -0.39 is 21.4 Å². The Labute approximate surface area is 116 Å². The average Bonchev–Trinajstić information content (AvgIpc) is 2.78. The largest absolute Gasteiger partial charge is 0.435 e. The summed E-state index contributed by atoms with van der Waals surface area (Å²) in [6, 6.07) is 14.9. The van der Waals surface area contributed by atoms with Crippen LogP contribution in [0.5, 0.6) is 0 Å². The summed E-state index contributed by atoms with van der Waals surface area (Å²) >= 11 is 0. The molecule has 1 atom stereocenters. The van der Waals surface area contributed by atoms with Gasteiger partial charge >= 0.3 is 5.97 Å². The average molecular weight is 289 g/mol. The van der Waals surface area contributed by atoms with Gasteiger partial charge in [0, 0.05) is 11.3 Å². The quantitative estimate of drug-likeness (QED) is 0.880. The van der Waals surface area contributed by atoms with Crippen LogP contribution in [0.25, 0.3) is 0 Å². The molecule has 5 nitrogen and oxygen atoms in total. The number of fused-ring (bicyclic) bond motifs is 1. The molecule has 0 amide bonds. The van der Waals surface area contributed by atoms with Gasteiger partial charge in [-0.2, -0.15) is 0 Å². The van der Waals surface area contributed by atoms with E-state index in [-0.39, 0.29) is 5.56 Å². The predicted molar refractivity (Wildman–Crippen MR) is 73.6 cm³/mol. The molecule has 0 fully saturated rings. The van der Waals surface area contributed by atoms with E-state index in [0.29, 0.717) is 11.3 Å². The molecule has 1 aliphatic rings. The summed E-state index contributed by atoms with van der Waals surface area (Å²) in [6.07, 6.45) is 0. The number of sulfonamides is 1. The van der Waals surface area contributed by atoms with Gasteiger partial charge in [0.05, 0.1) is 5.56 Å². The smallest absolute Gasteiger partial charge is 0.340 e. The third-order valence-corrected chi connectivity index (χ3v) is 4.40. The first-order chi connectivity index (χ1) is 9.58. The van der Waals surface area contributed by atoms with Crippen molar-refractivity contribution in [3.63, 3.8) is 0 Å². The van der Waals surface area contributed by atoms with Crippen molar-refractivity contribution >= 4 is 21.7 Å².